The van der Waals surface area contributed by atoms with Crippen molar-refractivity contribution in [1.82, 2.24) is 4.90 Å². The first-order valence-electron chi connectivity index (χ1n) is 5.80. The molecule has 1 aromatic rings. The Hall–Kier alpha value is -1.97. The van der Waals surface area contributed by atoms with Crippen molar-refractivity contribution in [3.63, 3.8) is 0 Å². The lowest BCUT2D eigenvalue weighted by molar-refractivity contribution is -0.121. The third kappa shape index (κ3) is 2.32. The van der Waals surface area contributed by atoms with Crippen molar-refractivity contribution < 1.29 is 14.3 Å². The lowest BCUT2D eigenvalue weighted by atomic mass is 9.91. The molecule has 96 valence electrons. The maximum atomic E-state index is 12.2. The Morgan fingerprint density at radius 2 is 2.06 bits per heavy atom. The van der Waals surface area contributed by atoms with Gasteiger partial charge in [0.15, 0.2) is 5.76 Å². The van der Waals surface area contributed by atoms with E-state index >= 15 is 0 Å². The predicted octanol–water partition coefficient (Wildman–Crippen LogP) is 1.78. The smallest absolute Gasteiger partial charge is 0.208 e. The molecule has 0 fully saturated rings. The summed E-state index contributed by atoms with van der Waals surface area (Å²) in [5.41, 5.74) is 0.953. The topological polar surface area (TPSA) is 38.8 Å². The van der Waals surface area contributed by atoms with E-state index in [0.717, 1.165) is 11.3 Å². The highest BCUT2D eigenvalue weighted by atomic mass is 16.5. The second-order valence-corrected chi connectivity index (χ2v) is 4.33. The number of methoxy groups -OCH3 is 2. The fourth-order valence-corrected chi connectivity index (χ4v) is 2.13. The van der Waals surface area contributed by atoms with Crippen molar-refractivity contribution in [2.75, 3.05) is 27.8 Å². The summed E-state index contributed by atoms with van der Waals surface area (Å²) in [6.07, 6.45) is 1.74. The van der Waals surface area contributed by atoms with Crippen LogP contribution in [0.2, 0.25) is 0 Å². The molecule has 0 aromatic heterocycles. The number of rotatable bonds is 3. The van der Waals surface area contributed by atoms with Gasteiger partial charge in [-0.25, -0.2) is 0 Å². The van der Waals surface area contributed by atoms with Gasteiger partial charge < -0.3 is 14.4 Å². The molecule has 1 aliphatic rings. The van der Waals surface area contributed by atoms with Crippen molar-refractivity contribution in [2.45, 2.75) is 5.92 Å². The summed E-state index contributed by atoms with van der Waals surface area (Å²) in [5, 5.41) is 0. The molecule has 0 spiro atoms. The second kappa shape index (κ2) is 5.12. The first kappa shape index (κ1) is 12.5. The number of hydrogen-bond acceptors (Lipinski definition) is 4. The van der Waals surface area contributed by atoms with Gasteiger partial charge in [-0.1, -0.05) is 12.1 Å². The summed E-state index contributed by atoms with van der Waals surface area (Å²) in [4.78, 5) is 14.2. The van der Waals surface area contributed by atoms with Crippen molar-refractivity contribution in [2.24, 2.45) is 0 Å². The highest BCUT2D eigenvalue weighted by Gasteiger charge is 2.30. The molecular weight excluding hydrogens is 230 g/mol. The number of carbonyl (C=O) groups excluding carboxylic acids is 1. The van der Waals surface area contributed by atoms with Gasteiger partial charge in [0.1, 0.15) is 5.75 Å². The Bertz CT molecular complexity index is 482. The molecule has 0 saturated carbocycles. The van der Waals surface area contributed by atoms with Gasteiger partial charge in [0.05, 0.1) is 20.1 Å². The standard InChI is InChI=1S/C14H17NO3/c1-15-8-12(14(16)13(9-15)18-3)10-5-4-6-11(7-10)17-2/h4-7,9,12H,8H2,1-3H3. The van der Waals surface area contributed by atoms with Crippen LogP contribution in [0.5, 0.6) is 5.75 Å². The Labute approximate surface area is 107 Å². The molecule has 1 unspecified atom stereocenters. The third-order valence-corrected chi connectivity index (χ3v) is 3.08. The molecule has 0 N–H and O–H groups in total. The van der Waals surface area contributed by atoms with Crippen LogP contribution < -0.4 is 4.74 Å². The number of carbonyl (C=O) groups is 1. The predicted molar refractivity (Wildman–Crippen MR) is 68.5 cm³/mol. The van der Waals surface area contributed by atoms with Crippen molar-refractivity contribution in [3.05, 3.63) is 41.8 Å². The molecule has 18 heavy (non-hydrogen) atoms. The highest BCUT2D eigenvalue weighted by molar-refractivity contribution is 5.99. The molecule has 1 aliphatic heterocycles. The van der Waals surface area contributed by atoms with Gasteiger partial charge in [-0.05, 0) is 17.7 Å². The van der Waals surface area contributed by atoms with Crippen LogP contribution >= 0.6 is 0 Å². The zero-order valence-corrected chi connectivity index (χ0v) is 10.8. The lowest BCUT2D eigenvalue weighted by Gasteiger charge is -2.28. The Balaban J connectivity index is 2.33. The molecule has 0 aliphatic carbocycles. The normalized spacial score (nSPS) is 19.5. The van der Waals surface area contributed by atoms with Crippen LogP contribution in [-0.2, 0) is 9.53 Å². The summed E-state index contributed by atoms with van der Waals surface area (Å²) < 4.78 is 10.3. The SMILES string of the molecule is COC1=CN(C)CC(c2cccc(OC)c2)C1=O. The quantitative estimate of drug-likeness (QED) is 0.816. The fraction of sp³-hybridized carbons (Fsp3) is 0.357. The molecule has 1 aromatic carbocycles. The van der Waals surface area contributed by atoms with Gasteiger partial charge >= 0.3 is 0 Å². The number of hydrogen-bond donors (Lipinski definition) is 0. The van der Waals surface area contributed by atoms with Gasteiger partial charge in [0.25, 0.3) is 0 Å². The van der Waals surface area contributed by atoms with Crippen LogP contribution in [0, 0.1) is 0 Å². The maximum absolute atomic E-state index is 12.2. The van der Waals surface area contributed by atoms with Gasteiger partial charge in [-0.3, -0.25) is 4.79 Å². The first-order chi connectivity index (χ1) is 8.65. The van der Waals surface area contributed by atoms with Crippen LogP contribution in [0.4, 0.5) is 0 Å². The van der Waals surface area contributed by atoms with E-state index < -0.39 is 0 Å². The Morgan fingerprint density at radius 1 is 1.28 bits per heavy atom. The molecule has 1 heterocycles. The van der Waals surface area contributed by atoms with E-state index in [1.165, 1.54) is 7.11 Å². The molecule has 2 rings (SSSR count). The maximum Gasteiger partial charge on any atom is 0.208 e. The number of nitrogens with zero attached hydrogens (tertiary/aromatic N) is 1. The van der Waals surface area contributed by atoms with Crippen molar-refractivity contribution in [1.29, 1.82) is 0 Å². The molecule has 0 amide bonds. The van der Waals surface area contributed by atoms with Crippen molar-refractivity contribution >= 4 is 5.78 Å². The molecule has 0 saturated heterocycles. The number of ether oxygens (including phenoxy) is 2. The van der Waals surface area contributed by atoms with E-state index in [0.29, 0.717) is 12.3 Å². The molecule has 4 nitrogen and oxygen atoms in total. The molecule has 1 atom stereocenters. The van der Waals surface area contributed by atoms with Gasteiger partial charge in [0, 0.05) is 19.8 Å². The average molecular weight is 247 g/mol. The minimum absolute atomic E-state index is 0.0175. The number of Topliss-reactive ketones (excluding diaryl/α,β-unsaturated/α-hetero) is 1. The number of benzene rings is 1. The minimum Gasteiger partial charge on any atom is -0.497 e. The molecular formula is C14H17NO3. The minimum atomic E-state index is -0.204. The zero-order chi connectivity index (χ0) is 13.1. The summed E-state index contributed by atoms with van der Waals surface area (Å²) in [5.74, 6) is 0.974. The van der Waals surface area contributed by atoms with Crippen LogP contribution in [0.15, 0.2) is 36.2 Å². The number of allylic oxidation sites excluding steroid dienone is 1. The van der Waals surface area contributed by atoms with Crippen LogP contribution in [0.1, 0.15) is 11.5 Å². The van der Waals surface area contributed by atoms with E-state index in [9.17, 15) is 4.79 Å². The van der Waals surface area contributed by atoms with E-state index in [1.807, 2.05) is 36.2 Å². The van der Waals surface area contributed by atoms with Crippen LogP contribution in [0.3, 0.4) is 0 Å². The second-order valence-electron chi connectivity index (χ2n) is 4.33. The first-order valence-corrected chi connectivity index (χ1v) is 5.80. The van der Waals surface area contributed by atoms with E-state index in [-0.39, 0.29) is 11.7 Å². The number of ketones is 1. The van der Waals surface area contributed by atoms with Crippen molar-refractivity contribution in [3.8, 4) is 5.75 Å². The largest absolute Gasteiger partial charge is 0.497 e. The van der Waals surface area contributed by atoms with Gasteiger partial charge in [-0.2, -0.15) is 0 Å². The molecule has 4 heteroatoms. The van der Waals surface area contributed by atoms with Crippen LogP contribution in [-0.4, -0.2) is 38.5 Å². The highest BCUT2D eigenvalue weighted by Crippen LogP contribution is 2.28. The third-order valence-electron chi connectivity index (χ3n) is 3.08. The van der Waals surface area contributed by atoms with E-state index in [4.69, 9.17) is 9.47 Å². The van der Waals surface area contributed by atoms with Crippen LogP contribution in [0.25, 0.3) is 0 Å². The molecule has 0 bridgehead atoms. The average Bonchev–Trinajstić information content (AvgIpc) is 2.41. The Kier molecular flexibility index (Phi) is 3.55. The van der Waals surface area contributed by atoms with Gasteiger partial charge in [-0.15, -0.1) is 0 Å². The lowest BCUT2D eigenvalue weighted by Crippen LogP contribution is -2.32. The summed E-state index contributed by atoms with van der Waals surface area (Å²) in [6.45, 7) is 0.652. The summed E-state index contributed by atoms with van der Waals surface area (Å²) >= 11 is 0. The zero-order valence-electron chi connectivity index (χ0n) is 10.8. The monoisotopic (exact) mass is 247 g/mol. The fourth-order valence-electron chi connectivity index (χ4n) is 2.13. The van der Waals surface area contributed by atoms with E-state index in [1.54, 1.807) is 13.3 Å². The van der Waals surface area contributed by atoms with Gasteiger partial charge in [0.2, 0.25) is 5.78 Å². The Morgan fingerprint density at radius 3 is 2.72 bits per heavy atom. The molecule has 0 radical (unpaired) electrons. The summed E-state index contributed by atoms with van der Waals surface area (Å²) in [7, 11) is 5.07. The summed E-state index contributed by atoms with van der Waals surface area (Å²) in [6, 6.07) is 7.60. The van der Waals surface area contributed by atoms with E-state index in [2.05, 4.69) is 0 Å². The number of likely N-dealkylation sites (N-methyl/N-ethyl adjacent to an activating group) is 1.